The summed E-state index contributed by atoms with van der Waals surface area (Å²) in [5, 5.41) is 47.3. The Kier molecular flexibility index (Phi) is 27.0. The van der Waals surface area contributed by atoms with Gasteiger partial charge in [0.2, 0.25) is 41.4 Å². The number of nitrogens with two attached hydrogens (primary N) is 3. The van der Waals surface area contributed by atoms with E-state index in [0.29, 0.717) is 73.2 Å². The lowest BCUT2D eigenvalue weighted by molar-refractivity contribution is -0.141. The first-order valence-electron chi connectivity index (χ1n) is 34.1. The van der Waals surface area contributed by atoms with E-state index >= 15 is 0 Å². The van der Waals surface area contributed by atoms with Gasteiger partial charge in [-0.3, -0.25) is 44.4 Å². The number of primary amides is 1. The maximum Gasteiger partial charge on any atom is 0.408 e. The topological polar surface area (TPSA) is 391 Å². The molecule has 5 aliphatic rings. The first-order valence-corrected chi connectivity index (χ1v) is 34.1. The van der Waals surface area contributed by atoms with Crippen LogP contribution in [0, 0.1) is 69.0 Å². The summed E-state index contributed by atoms with van der Waals surface area (Å²) in [4.78, 5) is 113. The lowest BCUT2D eigenvalue weighted by Crippen LogP contribution is -2.61. The molecule has 17 N–H and O–H groups in total. The van der Waals surface area contributed by atoms with Gasteiger partial charge in [0.25, 0.3) is 0 Å². The minimum Gasteiger partial charge on any atom is -0.508 e. The molecule has 24 heteroatoms. The van der Waals surface area contributed by atoms with Crippen molar-refractivity contribution in [3.63, 3.8) is 0 Å². The summed E-state index contributed by atoms with van der Waals surface area (Å²) in [6.45, 7) is 21.5. The van der Waals surface area contributed by atoms with E-state index < -0.39 is 102 Å². The molecule has 514 valence electrons. The number of hydrogen-bond acceptors (Lipinski definition) is 12. The lowest BCUT2D eigenvalue weighted by atomic mass is 9.47. The van der Waals surface area contributed by atoms with Crippen molar-refractivity contribution < 1.29 is 48.2 Å². The highest BCUT2D eigenvalue weighted by Crippen LogP contribution is 2.67. The maximum absolute atomic E-state index is 14.8. The molecule has 1 heterocycles. The van der Waals surface area contributed by atoms with E-state index in [1.54, 1.807) is 26.0 Å². The van der Waals surface area contributed by atoms with Gasteiger partial charge in [0.1, 0.15) is 54.1 Å². The number of alkyl carbamates (subject to hydrolysis) is 1. The highest BCUT2D eigenvalue weighted by Gasteiger charge is 2.59. The van der Waals surface area contributed by atoms with Crippen molar-refractivity contribution in [2.24, 2.45) is 75.4 Å². The number of fused-ring (bicyclic) bond motifs is 5. The van der Waals surface area contributed by atoms with E-state index in [4.69, 9.17) is 32.8 Å². The monoisotopic (exact) mass is 1280 g/mol. The van der Waals surface area contributed by atoms with Crippen LogP contribution in [0.3, 0.4) is 0 Å². The summed E-state index contributed by atoms with van der Waals surface area (Å²) in [7, 11) is 0. The zero-order valence-corrected chi connectivity index (χ0v) is 56.5. The Labute approximate surface area is 545 Å². The van der Waals surface area contributed by atoms with Crippen molar-refractivity contribution in [3.05, 3.63) is 41.5 Å². The highest BCUT2D eigenvalue weighted by atomic mass is 16.6. The average Bonchev–Trinajstić information content (AvgIpc) is 1.38. The number of nitrogens with one attached hydrogen (secondary N) is 10. The number of rotatable bonds is 32. The van der Waals surface area contributed by atoms with Crippen LogP contribution in [0.2, 0.25) is 0 Å². The third kappa shape index (κ3) is 19.9. The predicted octanol–water partition coefficient (Wildman–Crippen LogP) is 5.59. The smallest absolute Gasteiger partial charge is 0.408 e. The number of aromatic hydroxyl groups is 1. The van der Waals surface area contributed by atoms with Gasteiger partial charge in [-0.2, -0.15) is 0 Å². The van der Waals surface area contributed by atoms with Crippen LogP contribution in [0.5, 0.6) is 5.75 Å². The first-order chi connectivity index (χ1) is 43.4. The molecule has 3 saturated carbocycles. The Balaban J connectivity index is 1.13. The van der Waals surface area contributed by atoms with Crippen LogP contribution in [0.1, 0.15) is 190 Å². The number of phenolic OH excluding ortho intramolecular Hbond substituents is 1. The van der Waals surface area contributed by atoms with Gasteiger partial charge in [-0.05, 0) is 179 Å². The van der Waals surface area contributed by atoms with E-state index in [-0.39, 0.29) is 80.7 Å². The number of amides is 8. The summed E-state index contributed by atoms with van der Waals surface area (Å²) >= 11 is 0. The van der Waals surface area contributed by atoms with Gasteiger partial charge in [-0.15, -0.1) is 0 Å². The van der Waals surface area contributed by atoms with E-state index in [1.807, 2.05) is 13.8 Å². The average molecular weight is 1290 g/mol. The molecule has 0 spiro atoms. The fourth-order valence-corrected chi connectivity index (χ4v) is 15.8. The second-order valence-electron chi connectivity index (χ2n) is 28.9. The Morgan fingerprint density at radius 3 is 1.89 bits per heavy atom. The van der Waals surface area contributed by atoms with Gasteiger partial charge in [0.05, 0.1) is 0 Å². The van der Waals surface area contributed by atoms with E-state index in [1.165, 1.54) is 68.1 Å². The van der Waals surface area contributed by atoms with Crippen molar-refractivity contribution >= 4 is 59.4 Å². The van der Waals surface area contributed by atoms with Crippen molar-refractivity contribution in [1.29, 1.82) is 10.8 Å². The predicted molar refractivity (Wildman–Crippen MR) is 354 cm³/mol. The van der Waals surface area contributed by atoms with Crippen LogP contribution in [0.4, 0.5) is 4.79 Å². The normalized spacial score (nSPS) is 25.6. The number of hydrogen-bond donors (Lipinski definition) is 14. The third-order valence-electron chi connectivity index (χ3n) is 21.0. The largest absolute Gasteiger partial charge is 0.508 e. The van der Waals surface area contributed by atoms with Crippen LogP contribution in [-0.4, -0.2) is 137 Å². The van der Waals surface area contributed by atoms with Crippen LogP contribution < -0.4 is 59.7 Å². The summed E-state index contributed by atoms with van der Waals surface area (Å²) < 4.78 is 6.21. The number of ether oxygens (including phenoxy) is 1. The summed E-state index contributed by atoms with van der Waals surface area (Å²) in [5.74, 6) is -1.64. The van der Waals surface area contributed by atoms with Gasteiger partial charge in [0, 0.05) is 32.5 Å². The summed E-state index contributed by atoms with van der Waals surface area (Å²) in [6.07, 6.45) is 14.4. The number of likely N-dealkylation sites (tertiary alicyclic amines) is 1. The molecule has 4 fully saturated rings. The van der Waals surface area contributed by atoms with Crippen molar-refractivity contribution in [2.75, 3.05) is 19.6 Å². The second-order valence-corrected chi connectivity index (χ2v) is 28.9. The maximum atomic E-state index is 14.8. The van der Waals surface area contributed by atoms with Crippen LogP contribution >= 0.6 is 0 Å². The molecule has 7 unspecified atom stereocenters. The van der Waals surface area contributed by atoms with Crippen LogP contribution in [0.25, 0.3) is 0 Å². The Bertz CT molecular complexity index is 2780. The van der Waals surface area contributed by atoms with Crippen LogP contribution in [-0.2, 0) is 44.7 Å². The third-order valence-corrected chi connectivity index (χ3v) is 21.0. The molecule has 0 bridgehead atoms. The number of guanidine groups is 2. The lowest BCUT2D eigenvalue weighted by Gasteiger charge is -2.58. The first kappa shape index (κ1) is 73.9. The fraction of sp³-hybridized carbons (Fsp3) is 0.735. The van der Waals surface area contributed by atoms with E-state index in [2.05, 4.69) is 83.2 Å². The highest BCUT2D eigenvalue weighted by molar-refractivity contribution is 5.97. The Morgan fingerprint density at radius 2 is 1.27 bits per heavy atom. The van der Waals surface area contributed by atoms with Crippen LogP contribution in [0.15, 0.2) is 35.9 Å². The molecule has 1 aliphatic heterocycles. The Hall–Kier alpha value is -7.14. The zero-order valence-electron chi connectivity index (χ0n) is 56.5. The van der Waals surface area contributed by atoms with Gasteiger partial charge in [0.15, 0.2) is 11.9 Å². The molecule has 0 radical (unpaired) electrons. The van der Waals surface area contributed by atoms with Gasteiger partial charge >= 0.3 is 6.09 Å². The van der Waals surface area contributed by atoms with E-state index in [0.717, 1.165) is 24.7 Å². The minimum atomic E-state index is -1.33. The number of benzene rings is 1. The quantitative estimate of drug-likeness (QED) is 0.0181. The van der Waals surface area contributed by atoms with Gasteiger partial charge < -0.3 is 74.5 Å². The van der Waals surface area contributed by atoms with E-state index in [9.17, 15) is 43.5 Å². The molecule has 6 rings (SSSR count). The summed E-state index contributed by atoms with van der Waals surface area (Å²) in [5.41, 5.74) is 19.0. The number of nitrogens with zero attached hydrogens (tertiary/aromatic N) is 1. The molecule has 1 aromatic rings. The number of carbonyl (C=O) groups is 8. The number of phenols is 1. The summed E-state index contributed by atoms with van der Waals surface area (Å²) in [6, 6.07) is -2.28. The molecule has 15 atom stereocenters. The van der Waals surface area contributed by atoms with Gasteiger partial charge in [-0.1, -0.05) is 98.9 Å². The Morgan fingerprint density at radius 1 is 0.652 bits per heavy atom. The second kappa shape index (κ2) is 33.6. The molecular weight excluding hydrogens is 1170 g/mol. The van der Waals surface area contributed by atoms with Crippen molar-refractivity contribution in [3.8, 4) is 5.75 Å². The standard InChI is InChI=1S/C68H112N14O10/c1-38(2)17-19-41(7)48-26-27-49-47-25-22-44-37-46(29-31-67(44,9)50(47)30-32-68(48,49)10)92-66(91)80-53(15-12-34-75-65(72)73)63(90)82-35-13-16-55(82)61(88)78-52(14-11-33-74-64(70)71)59(86)81-56(40(5)6)62(89)79-54(36-43-20-23-45(83)24-21-43)60(87)76-42(8)58(85)77-51(57(69)84)28-18-39(3)4/h20-24,38-42,46-56,83H,11-19,25-37H2,1-10H3,(H2,69,84)(H,76,87)(H,77,85)(H,78,88)(H,79,89)(H,80,91)(H,81,86)(H4,70,71,74)(H4,72,73,75)/t41-,42?,46+,47+,48-,49+,50+,51?,52?,53?,54?,55?,56?,67+,68-/m0/s1. The fourth-order valence-electron chi connectivity index (χ4n) is 15.8. The molecule has 4 aliphatic carbocycles. The molecule has 0 aromatic heterocycles. The molecule has 92 heavy (non-hydrogen) atoms. The SMILES string of the molecule is CC(C)CCC(NC(=O)C(C)NC(=O)C(Cc1ccc(O)cc1)NC(=O)C(NC(=O)C(CCCNC(=N)N)NC(=O)C1CCCN1C(=O)C(CCCNC(=N)N)NC(=O)O[C@@H]1CC[C@]2(C)C(=CC[C@@H]3[C@H]4CC[C@@H]([C@@H](C)CCC(C)C)[C@]4(C)CC[C@H]32)C1)C(C)C)C(N)=O. The minimum absolute atomic E-state index is 0.000887. The molecule has 1 saturated heterocycles. The molecular formula is C68H112N14O10. The molecule has 24 nitrogen and oxygen atoms in total. The number of carbonyl (C=O) groups excluding carboxylic acids is 8. The molecule has 1 aromatic carbocycles. The van der Waals surface area contributed by atoms with Gasteiger partial charge in [-0.25, -0.2) is 4.79 Å². The number of allylic oxidation sites excluding steroid dienone is 1. The zero-order chi connectivity index (χ0) is 67.8. The molecule has 8 amide bonds. The van der Waals surface area contributed by atoms with Crippen molar-refractivity contribution in [2.45, 2.75) is 240 Å². The van der Waals surface area contributed by atoms with Crippen molar-refractivity contribution in [1.82, 2.24) is 47.4 Å².